The summed E-state index contributed by atoms with van der Waals surface area (Å²) in [6.07, 6.45) is 0. The molecule has 0 saturated heterocycles. The van der Waals surface area contributed by atoms with E-state index < -0.39 is 0 Å². The molecule has 1 aliphatic heterocycles. The van der Waals surface area contributed by atoms with Crippen molar-refractivity contribution < 1.29 is 0 Å². The highest BCUT2D eigenvalue weighted by Crippen LogP contribution is 2.20. The molecule has 21 heavy (non-hydrogen) atoms. The van der Waals surface area contributed by atoms with E-state index in [0.29, 0.717) is 10.8 Å². The van der Waals surface area contributed by atoms with Gasteiger partial charge < -0.3 is 0 Å². The van der Waals surface area contributed by atoms with Crippen molar-refractivity contribution in [2.75, 3.05) is 0 Å². The lowest BCUT2D eigenvalue weighted by atomic mass is 10.1. The van der Waals surface area contributed by atoms with E-state index in [4.69, 9.17) is 10.5 Å². The monoisotopic (exact) mass is 330 g/mol. The second-order valence-electron chi connectivity index (χ2n) is 3.95. The Labute approximate surface area is 133 Å². The summed E-state index contributed by atoms with van der Waals surface area (Å²) < 4.78 is 0.489. The number of rotatable bonds is 0. The highest BCUT2D eigenvalue weighted by atomic mass is 32.1. The maximum Gasteiger partial charge on any atom is 0.205 e. The molecule has 0 spiro atoms. The SMILES string of the molecule is N#Cc1sc2c(=O)c3ccccc3c(=O)c=2sc1C#N.S. The highest BCUT2D eigenvalue weighted by molar-refractivity contribution is 7.59. The molecule has 1 aromatic rings. The minimum absolute atomic E-state index is 0. The third kappa shape index (κ3) is 2.22. The summed E-state index contributed by atoms with van der Waals surface area (Å²) in [6.45, 7) is 0. The molecule has 0 bridgehead atoms. The van der Waals surface area contributed by atoms with Crippen molar-refractivity contribution in [3.63, 3.8) is 0 Å². The first-order chi connectivity index (χ1) is 9.67. The van der Waals surface area contributed by atoms with E-state index in [0.717, 1.165) is 22.7 Å². The average molecular weight is 330 g/mol. The molecule has 0 N–H and O–H groups in total. The molecule has 1 heterocycles. The number of hydrogen-bond acceptors (Lipinski definition) is 6. The van der Waals surface area contributed by atoms with Crippen LogP contribution in [0, 0.1) is 31.7 Å². The molecular formula is C14H6N2O2S3. The van der Waals surface area contributed by atoms with E-state index in [1.54, 1.807) is 24.3 Å². The Morgan fingerprint density at radius 1 is 0.810 bits per heavy atom. The van der Waals surface area contributed by atoms with Crippen molar-refractivity contribution in [2.24, 2.45) is 0 Å². The van der Waals surface area contributed by atoms with E-state index in [1.165, 1.54) is 0 Å². The zero-order valence-electron chi connectivity index (χ0n) is 10.3. The van der Waals surface area contributed by atoms with Gasteiger partial charge in [0.25, 0.3) is 0 Å². The first-order valence-corrected chi connectivity index (χ1v) is 7.13. The fraction of sp³-hybridized carbons (Fsp3) is 0. The van der Waals surface area contributed by atoms with Crippen molar-refractivity contribution >= 4 is 46.9 Å². The standard InChI is InChI=1S/C14H4N2O2S2.H2S/c15-5-9-10(6-16)20-14-12(18)8-4-2-1-3-7(8)11(17)13(14)19-9;/h1-4H;1H2. The van der Waals surface area contributed by atoms with Gasteiger partial charge in [0.1, 0.15) is 21.9 Å². The molecule has 1 aliphatic carbocycles. The molecule has 0 atom stereocenters. The van der Waals surface area contributed by atoms with Crippen LogP contribution in [0.1, 0.15) is 9.75 Å². The Bertz CT molecular complexity index is 1030. The van der Waals surface area contributed by atoms with Gasteiger partial charge in [0.2, 0.25) is 10.9 Å². The van der Waals surface area contributed by atoms with Gasteiger partial charge in [-0.1, -0.05) is 24.3 Å². The average Bonchev–Trinajstić information content (AvgIpc) is 2.51. The van der Waals surface area contributed by atoms with Crippen molar-refractivity contribution in [2.45, 2.75) is 0 Å². The lowest BCUT2D eigenvalue weighted by molar-refractivity contribution is 1.49. The Kier molecular flexibility index (Phi) is 4.10. The number of nitrogens with zero attached hydrogens (tertiary/aromatic N) is 2. The zero-order chi connectivity index (χ0) is 14.3. The van der Waals surface area contributed by atoms with E-state index in [-0.39, 0.29) is 43.2 Å². The van der Waals surface area contributed by atoms with Crippen LogP contribution in [0.4, 0.5) is 0 Å². The first-order valence-electron chi connectivity index (χ1n) is 5.50. The second kappa shape index (κ2) is 5.66. The molecular weight excluding hydrogens is 324 g/mol. The van der Waals surface area contributed by atoms with Crippen LogP contribution >= 0.6 is 36.2 Å². The van der Waals surface area contributed by atoms with E-state index in [1.807, 2.05) is 12.1 Å². The molecule has 102 valence electrons. The van der Waals surface area contributed by atoms with Gasteiger partial charge >= 0.3 is 0 Å². The topological polar surface area (TPSA) is 81.7 Å². The van der Waals surface area contributed by atoms with Gasteiger partial charge in [0, 0.05) is 10.8 Å². The molecule has 0 radical (unpaired) electrons. The predicted molar refractivity (Wildman–Crippen MR) is 87.4 cm³/mol. The largest absolute Gasteiger partial charge is 0.288 e. The molecule has 7 heteroatoms. The number of benzene rings is 1. The van der Waals surface area contributed by atoms with Crippen LogP contribution in [-0.2, 0) is 0 Å². The molecule has 1 aromatic carbocycles. The maximum atomic E-state index is 12.4. The molecule has 0 saturated carbocycles. The van der Waals surface area contributed by atoms with Gasteiger partial charge in [-0.25, -0.2) is 0 Å². The fourth-order valence-electron chi connectivity index (χ4n) is 1.96. The van der Waals surface area contributed by atoms with E-state index in [2.05, 4.69) is 0 Å². The van der Waals surface area contributed by atoms with Crippen molar-refractivity contribution in [1.82, 2.24) is 0 Å². The summed E-state index contributed by atoms with van der Waals surface area (Å²) in [5.74, 6) is 0. The third-order valence-corrected chi connectivity index (χ3v) is 5.30. The fourth-order valence-corrected chi connectivity index (χ4v) is 4.01. The Balaban J connectivity index is 0.00000161. The Morgan fingerprint density at radius 3 is 1.52 bits per heavy atom. The summed E-state index contributed by atoms with van der Waals surface area (Å²) in [7, 11) is 0. The summed E-state index contributed by atoms with van der Waals surface area (Å²) in [4.78, 5) is 25.1. The molecule has 0 fully saturated rings. The van der Waals surface area contributed by atoms with Crippen molar-refractivity contribution in [1.29, 1.82) is 10.5 Å². The van der Waals surface area contributed by atoms with Gasteiger partial charge in [-0.05, 0) is 0 Å². The van der Waals surface area contributed by atoms with Crippen LogP contribution < -0.4 is 10.9 Å². The summed E-state index contributed by atoms with van der Waals surface area (Å²) >= 11 is 1.82. The van der Waals surface area contributed by atoms with Crippen LogP contribution in [0.25, 0.3) is 10.8 Å². The maximum absolute atomic E-state index is 12.4. The first kappa shape index (κ1) is 15.2. The quantitative estimate of drug-likeness (QED) is 0.633. The van der Waals surface area contributed by atoms with Crippen LogP contribution in [0.5, 0.6) is 0 Å². The van der Waals surface area contributed by atoms with Crippen LogP contribution in [-0.4, -0.2) is 0 Å². The van der Waals surface area contributed by atoms with Gasteiger partial charge in [0.05, 0.1) is 9.06 Å². The molecule has 0 amide bonds. The van der Waals surface area contributed by atoms with Gasteiger partial charge in [-0.3, -0.25) is 9.59 Å². The molecule has 0 unspecified atom stereocenters. The Morgan fingerprint density at radius 2 is 1.19 bits per heavy atom. The third-order valence-electron chi connectivity index (χ3n) is 2.85. The number of nitriles is 2. The number of hydrogen-bond donors (Lipinski definition) is 0. The molecule has 4 nitrogen and oxygen atoms in total. The minimum atomic E-state index is -0.266. The molecule has 0 aromatic heterocycles. The lowest BCUT2D eigenvalue weighted by Crippen LogP contribution is -2.13. The van der Waals surface area contributed by atoms with Crippen molar-refractivity contribution in [3.8, 4) is 12.1 Å². The minimum Gasteiger partial charge on any atom is -0.288 e. The van der Waals surface area contributed by atoms with Crippen molar-refractivity contribution in [3.05, 3.63) is 63.5 Å². The summed E-state index contributed by atoms with van der Waals surface area (Å²) in [5, 5.41) is 18.7. The number of fused-ring (bicyclic) bond motifs is 1. The van der Waals surface area contributed by atoms with E-state index in [9.17, 15) is 9.59 Å². The van der Waals surface area contributed by atoms with Crippen LogP contribution in [0.2, 0.25) is 0 Å². The predicted octanol–water partition coefficient (Wildman–Crippen LogP) is 2.26. The van der Waals surface area contributed by atoms with Gasteiger partial charge in [0.15, 0.2) is 0 Å². The van der Waals surface area contributed by atoms with Gasteiger partial charge in [-0.2, -0.15) is 24.0 Å². The molecule has 2 aliphatic rings. The highest BCUT2D eigenvalue weighted by Gasteiger charge is 2.12. The van der Waals surface area contributed by atoms with E-state index >= 15 is 0 Å². The van der Waals surface area contributed by atoms with Crippen LogP contribution in [0.15, 0.2) is 33.9 Å². The summed E-state index contributed by atoms with van der Waals surface area (Å²) in [6, 6.07) is 10.4. The van der Waals surface area contributed by atoms with Crippen LogP contribution in [0.3, 0.4) is 0 Å². The normalized spacial score (nSPS) is 9.81. The summed E-state index contributed by atoms with van der Waals surface area (Å²) in [5.41, 5.74) is -0.533. The lowest BCUT2D eigenvalue weighted by Gasteiger charge is -1.98. The second-order valence-corrected chi connectivity index (χ2v) is 5.99. The Hall–Kier alpha value is -2.19. The molecule has 3 rings (SSSR count). The van der Waals surface area contributed by atoms with Gasteiger partial charge in [-0.15, -0.1) is 22.7 Å². The smallest absolute Gasteiger partial charge is 0.205 e. The zero-order valence-corrected chi connectivity index (χ0v) is 13.0.